The summed E-state index contributed by atoms with van der Waals surface area (Å²) in [5.74, 6) is -1.01. The van der Waals surface area contributed by atoms with E-state index in [1.54, 1.807) is 10.1 Å². The molecule has 0 radical (unpaired) electrons. The van der Waals surface area contributed by atoms with Crippen LogP contribution in [0.3, 0.4) is 0 Å². The predicted molar refractivity (Wildman–Crippen MR) is 191 cm³/mol. The number of nitrogen functional groups attached to an aromatic ring is 1. The Morgan fingerprint density at radius 2 is 1.88 bits per heavy atom. The molecule has 2 aliphatic heterocycles. The molecule has 0 bridgehead atoms. The summed E-state index contributed by atoms with van der Waals surface area (Å²) in [6, 6.07) is -0.844. The van der Waals surface area contributed by atoms with E-state index in [0.717, 1.165) is 38.6 Å². The number of thiazole rings is 1. The Kier molecular flexibility index (Phi) is 18.8. The average molecular weight is 805 g/mol. The molecule has 4 heterocycles. The molecule has 2 aromatic heterocycles. The van der Waals surface area contributed by atoms with Gasteiger partial charge in [-0.3, -0.25) is 14.5 Å². The van der Waals surface area contributed by atoms with Gasteiger partial charge in [0.15, 0.2) is 5.13 Å². The van der Waals surface area contributed by atoms with Crippen molar-refractivity contribution in [2.24, 2.45) is 0 Å². The van der Waals surface area contributed by atoms with Gasteiger partial charge in [-0.2, -0.15) is 0 Å². The van der Waals surface area contributed by atoms with E-state index in [1.165, 1.54) is 46.7 Å². The van der Waals surface area contributed by atoms with Gasteiger partial charge in [-0.1, -0.05) is 18.2 Å². The van der Waals surface area contributed by atoms with E-state index in [1.807, 2.05) is 19.0 Å². The number of nitrogens with two attached hydrogens (primary N) is 1. The fraction of sp³-hybridized carbons (Fsp3) is 0.630. The predicted octanol–water partition coefficient (Wildman–Crippen LogP) is 0.832. The largest absolute Gasteiger partial charge is 0.511 e. The number of tetrazole rings is 1. The highest BCUT2D eigenvalue weighted by Crippen LogP contribution is 2.42. The number of β-lactam (4-membered cyclic amide) rings is 1. The zero-order valence-electron chi connectivity index (χ0n) is 27.6. The lowest BCUT2D eigenvalue weighted by molar-refractivity contribution is -0.170. The smallest absolute Gasteiger partial charge is 0.431 e. The third-order valence-electron chi connectivity index (χ3n) is 7.45. The number of halogens is 2. The first-order valence-electron chi connectivity index (χ1n) is 14.9. The fourth-order valence-electron chi connectivity index (χ4n) is 5.18. The van der Waals surface area contributed by atoms with Crippen molar-refractivity contribution in [3.63, 3.8) is 0 Å². The highest BCUT2D eigenvalue weighted by atomic mass is 35.5. The second kappa shape index (κ2) is 20.8. The molecule has 50 heavy (non-hydrogen) atoms. The number of nitrogens with one attached hydrogen (secondary N) is 1. The zero-order valence-corrected chi connectivity index (χ0v) is 31.6. The van der Waals surface area contributed by atoms with Crippen molar-refractivity contribution in [3.8, 4) is 0 Å². The summed E-state index contributed by atoms with van der Waals surface area (Å²) >= 11 is 3.97. The maximum Gasteiger partial charge on any atom is 0.511 e. The maximum absolute atomic E-state index is 13.6. The van der Waals surface area contributed by atoms with Crippen LogP contribution >= 0.6 is 59.7 Å². The number of carbonyl (C=O) groups is 4. The van der Waals surface area contributed by atoms with Crippen LogP contribution in [0, 0.1) is 0 Å². The molecular weight excluding hydrogens is 761 g/mol. The van der Waals surface area contributed by atoms with E-state index < -0.39 is 35.7 Å². The van der Waals surface area contributed by atoms with Gasteiger partial charge in [0.05, 0.1) is 18.7 Å². The highest BCUT2D eigenvalue weighted by Gasteiger charge is 2.54. The molecule has 2 amide bonds. The number of likely N-dealkylation sites (N-methyl/N-ethyl adjacent to an activating group) is 1. The molecule has 0 aromatic carbocycles. The van der Waals surface area contributed by atoms with Crippen LogP contribution in [0.1, 0.15) is 44.7 Å². The highest BCUT2D eigenvalue weighted by molar-refractivity contribution is 8.01. The molecule has 2 aromatic rings. The summed E-state index contributed by atoms with van der Waals surface area (Å²) in [6.45, 7) is 2.70. The lowest BCUT2D eigenvalue weighted by Gasteiger charge is -2.49. The van der Waals surface area contributed by atoms with Gasteiger partial charge in [-0.15, -0.1) is 53.0 Å². The molecule has 282 valence electrons. The Labute approximate surface area is 313 Å². The first kappa shape index (κ1) is 45.1. The minimum Gasteiger partial charge on any atom is -0.431 e. The molecule has 0 spiro atoms. The van der Waals surface area contributed by atoms with E-state index in [4.69, 9.17) is 19.9 Å². The van der Waals surface area contributed by atoms with Crippen molar-refractivity contribution in [1.29, 1.82) is 0 Å². The number of rotatable bonds is 13. The molecule has 7 N–H and O–H groups in total. The number of carbonyl (C=O) groups excluding carboxylic acids is 4. The first-order valence-corrected chi connectivity index (χ1v) is 17.8. The van der Waals surface area contributed by atoms with Crippen LogP contribution < -0.4 is 11.1 Å². The molecule has 1 unspecified atom stereocenters. The minimum atomic E-state index is -1.27. The molecule has 2 fully saturated rings. The summed E-state index contributed by atoms with van der Waals surface area (Å²) in [5, 5.41) is 16.8. The molecule has 23 heteroatoms. The number of hydrogen-bond donors (Lipinski definition) is 2. The van der Waals surface area contributed by atoms with Crippen LogP contribution in [0.15, 0.2) is 21.8 Å². The third kappa shape index (κ3) is 11.6. The van der Waals surface area contributed by atoms with Crippen LogP contribution in [0.4, 0.5) is 9.93 Å². The number of ether oxygens (including phenoxy) is 3. The fourth-order valence-corrected chi connectivity index (χ4v) is 8.13. The normalized spacial score (nSPS) is 19.0. The van der Waals surface area contributed by atoms with Gasteiger partial charge in [0.2, 0.25) is 17.4 Å². The number of fused-ring (bicyclic) bond motifs is 1. The van der Waals surface area contributed by atoms with Gasteiger partial charge >= 0.3 is 12.1 Å². The third-order valence-corrected chi connectivity index (χ3v) is 10.6. The Morgan fingerprint density at radius 1 is 1.16 bits per heavy atom. The summed E-state index contributed by atoms with van der Waals surface area (Å²) in [6.07, 6.45) is 2.14. The molecule has 1 saturated carbocycles. The summed E-state index contributed by atoms with van der Waals surface area (Å²) < 4.78 is 17.8. The van der Waals surface area contributed by atoms with E-state index in [-0.39, 0.29) is 65.6 Å². The van der Waals surface area contributed by atoms with Crippen molar-refractivity contribution in [1.82, 2.24) is 40.3 Å². The second-order valence-corrected chi connectivity index (χ2v) is 14.2. The summed E-state index contributed by atoms with van der Waals surface area (Å²) in [4.78, 5) is 59.6. The van der Waals surface area contributed by atoms with Gasteiger partial charge in [-0.25, -0.2) is 19.3 Å². The quantitative estimate of drug-likeness (QED) is 0.123. The average Bonchev–Trinajstić information content (AvgIpc) is 3.65. The number of amides is 2. The standard InChI is InChI=1S/C27H37N9O7S3.2ClH.2H2O/c1-15(42-27(40)43-18-7-5-4-6-8-18)41-24(39)21-16(13-46-26-31-32-33-35(26)10-9-34(2)3)12-44-23-20(22(38)36(21)23)30-19(37)11-17-14-45-25(28)29-17;;;;/h14-15,18,20,23H,4-13H2,1-3H3,(H2,28,29)(H,30,37);2*1H;2*1H2/t15?,20-,23-;;;;/m1..../s1. The van der Waals surface area contributed by atoms with Gasteiger partial charge < -0.3 is 41.1 Å². The summed E-state index contributed by atoms with van der Waals surface area (Å²) in [5.41, 5.74) is 6.83. The Hall–Kier alpha value is -2.92. The maximum atomic E-state index is 13.6. The van der Waals surface area contributed by atoms with Crippen molar-refractivity contribution in [2.45, 2.75) is 81.0 Å². The molecule has 1 aliphatic carbocycles. The molecule has 3 aliphatic rings. The van der Waals surface area contributed by atoms with E-state index in [0.29, 0.717) is 33.9 Å². The zero-order chi connectivity index (χ0) is 32.8. The van der Waals surface area contributed by atoms with Crippen molar-refractivity contribution >= 4 is 88.7 Å². The number of esters is 1. The van der Waals surface area contributed by atoms with Crippen LogP contribution in [0.25, 0.3) is 0 Å². The van der Waals surface area contributed by atoms with Crippen molar-refractivity contribution in [2.75, 3.05) is 37.9 Å². The molecule has 3 atom stereocenters. The Morgan fingerprint density at radius 3 is 2.54 bits per heavy atom. The van der Waals surface area contributed by atoms with Crippen LogP contribution in [-0.2, 0) is 41.6 Å². The Balaban J connectivity index is 0.00000312. The van der Waals surface area contributed by atoms with Gasteiger partial charge in [0.25, 0.3) is 5.91 Å². The van der Waals surface area contributed by atoms with Crippen LogP contribution in [0.5, 0.6) is 0 Å². The minimum absolute atomic E-state index is 0. The topological polar surface area (TPSA) is 260 Å². The first-order chi connectivity index (χ1) is 22.1. The van der Waals surface area contributed by atoms with Crippen LogP contribution in [-0.4, -0.2) is 126 Å². The molecule has 1 saturated heterocycles. The Bertz CT molecular complexity index is 1480. The van der Waals surface area contributed by atoms with E-state index in [9.17, 15) is 19.2 Å². The molecular formula is C27H43Cl2N9O9S3. The number of thioether (sulfide) groups is 2. The van der Waals surface area contributed by atoms with Crippen molar-refractivity contribution in [3.05, 3.63) is 22.3 Å². The lowest BCUT2D eigenvalue weighted by Crippen LogP contribution is -2.70. The van der Waals surface area contributed by atoms with E-state index in [2.05, 4.69) is 25.8 Å². The number of hydrogen-bond acceptors (Lipinski definition) is 16. The molecule has 18 nitrogen and oxygen atoms in total. The van der Waals surface area contributed by atoms with Crippen LogP contribution in [0.2, 0.25) is 0 Å². The van der Waals surface area contributed by atoms with Gasteiger partial charge in [0.1, 0.15) is 23.2 Å². The second-order valence-electron chi connectivity index (χ2n) is 11.3. The monoisotopic (exact) mass is 803 g/mol. The van der Waals surface area contributed by atoms with E-state index >= 15 is 0 Å². The number of anilines is 1. The number of aromatic nitrogens is 5. The van der Waals surface area contributed by atoms with Crippen molar-refractivity contribution < 1.29 is 44.3 Å². The summed E-state index contributed by atoms with van der Waals surface area (Å²) in [7, 11) is 3.90. The SMILES string of the molecule is CC(OC(=O)OC1CCCCC1)OC(=O)C1=C(CSc2nnnn2CCN(C)C)CS[C@@H]2[C@H](NC(=O)Cc3csc(N)n3)C(=O)N12.Cl.Cl.O.O. The lowest BCUT2D eigenvalue weighted by atomic mass is 9.98. The van der Waals surface area contributed by atoms with Gasteiger partial charge in [-0.05, 0) is 55.8 Å². The van der Waals surface area contributed by atoms with Gasteiger partial charge in [0, 0.05) is 30.4 Å². The number of nitrogens with zero attached hydrogens (tertiary/aromatic N) is 7. The molecule has 5 rings (SSSR count).